The van der Waals surface area contributed by atoms with E-state index in [2.05, 4.69) is 41.4 Å². The monoisotopic (exact) mass is 303 g/mol. The van der Waals surface area contributed by atoms with Crippen molar-refractivity contribution in [2.45, 2.75) is 44.4 Å². The zero-order valence-electron chi connectivity index (χ0n) is 13.1. The molecule has 1 aromatic carbocycles. The first kappa shape index (κ1) is 15.3. The van der Waals surface area contributed by atoms with Crippen LogP contribution in [0, 0.1) is 0 Å². The first-order valence-corrected chi connectivity index (χ1v) is 8.17. The number of hydrogen-bond donors (Lipinski definition) is 2. The molecule has 5 nitrogen and oxygen atoms in total. The summed E-state index contributed by atoms with van der Waals surface area (Å²) in [4.78, 5) is 14.5. The van der Waals surface area contributed by atoms with Crippen LogP contribution in [0.3, 0.4) is 0 Å². The van der Waals surface area contributed by atoms with Crippen molar-refractivity contribution < 1.29 is 9.53 Å². The predicted octanol–water partition coefficient (Wildman–Crippen LogP) is 1.06. The summed E-state index contributed by atoms with van der Waals surface area (Å²) >= 11 is 0. The Labute approximate surface area is 131 Å². The SMILES string of the molecule is CC(CNC(=O)[C@@H]1CC[C@H](CN)O1)N1CCc2ccccc21. The van der Waals surface area contributed by atoms with E-state index in [4.69, 9.17) is 10.5 Å². The third-order valence-corrected chi connectivity index (χ3v) is 4.69. The van der Waals surface area contributed by atoms with Crippen LogP contribution in [-0.4, -0.2) is 43.8 Å². The van der Waals surface area contributed by atoms with Gasteiger partial charge in [-0.15, -0.1) is 0 Å². The number of nitrogens with one attached hydrogen (secondary N) is 1. The van der Waals surface area contributed by atoms with Gasteiger partial charge in [0.1, 0.15) is 6.10 Å². The number of carbonyl (C=O) groups excluding carboxylic acids is 1. The third kappa shape index (κ3) is 3.10. The number of carbonyl (C=O) groups is 1. The molecule has 1 fully saturated rings. The first-order chi connectivity index (χ1) is 10.7. The van der Waals surface area contributed by atoms with Gasteiger partial charge in [0, 0.05) is 31.4 Å². The van der Waals surface area contributed by atoms with E-state index in [0.29, 0.717) is 13.1 Å². The summed E-state index contributed by atoms with van der Waals surface area (Å²) in [6, 6.07) is 8.77. The van der Waals surface area contributed by atoms with Gasteiger partial charge in [-0.25, -0.2) is 0 Å². The molecule has 3 atom stereocenters. The Hall–Kier alpha value is -1.59. The number of fused-ring (bicyclic) bond motifs is 1. The largest absolute Gasteiger partial charge is 0.366 e. The molecular formula is C17H25N3O2. The lowest BCUT2D eigenvalue weighted by Gasteiger charge is -2.28. The van der Waals surface area contributed by atoms with E-state index in [-0.39, 0.29) is 24.2 Å². The van der Waals surface area contributed by atoms with Gasteiger partial charge in [-0.3, -0.25) is 4.79 Å². The number of anilines is 1. The maximum atomic E-state index is 12.2. The lowest BCUT2D eigenvalue weighted by atomic mass is 10.1. The topological polar surface area (TPSA) is 67.6 Å². The number of para-hydroxylation sites is 1. The highest BCUT2D eigenvalue weighted by Crippen LogP contribution is 2.29. The minimum absolute atomic E-state index is 0.00437. The normalized spacial score (nSPS) is 25.1. The van der Waals surface area contributed by atoms with Gasteiger partial charge >= 0.3 is 0 Å². The Morgan fingerprint density at radius 2 is 2.27 bits per heavy atom. The van der Waals surface area contributed by atoms with E-state index >= 15 is 0 Å². The third-order valence-electron chi connectivity index (χ3n) is 4.69. The smallest absolute Gasteiger partial charge is 0.249 e. The summed E-state index contributed by atoms with van der Waals surface area (Å²) in [5.41, 5.74) is 8.27. The van der Waals surface area contributed by atoms with Crippen molar-refractivity contribution in [3.63, 3.8) is 0 Å². The second-order valence-corrected chi connectivity index (χ2v) is 6.23. The molecular weight excluding hydrogens is 278 g/mol. The average molecular weight is 303 g/mol. The molecule has 0 bridgehead atoms. The van der Waals surface area contributed by atoms with Crippen molar-refractivity contribution in [3.05, 3.63) is 29.8 Å². The van der Waals surface area contributed by atoms with Gasteiger partial charge < -0.3 is 20.7 Å². The second-order valence-electron chi connectivity index (χ2n) is 6.23. The fraction of sp³-hybridized carbons (Fsp3) is 0.588. The van der Waals surface area contributed by atoms with Crippen LogP contribution >= 0.6 is 0 Å². The molecule has 2 aliphatic heterocycles. The van der Waals surface area contributed by atoms with E-state index in [1.807, 2.05) is 0 Å². The molecule has 1 saturated heterocycles. The van der Waals surface area contributed by atoms with E-state index < -0.39 is 0 Å². The molecule has 0 aliphatic carbocycles. The van der Waals surface area contributed by atoms with E-state index in [1.165, 1.54) is 11.3 Å². The molecule has 0 aromatic heterocycles. The lowest BCUT2D eigenvalue weighted by Crippen LogP contribution is -2.44. The Kier molecular flexibility index (Phi) is 4.64. The molecule has 2 heterocycles. The van der Waals surface area contributed by atoms with Crippen molar-refractivity contribution in [1.82, 2.24) is 5.32 Å². The standard InChI is InChI=1S/C17H25N3O2/c1-12(20-9-8-13-4-2-3-5-15(13)20)11-19-17(21)16-7-6-14(10-18)22-16/h2-5,12,14,16H,6-11,18H2,1H3,(H,19,21)/t12?,14-,16+/m1/s1. The minimum Gasteiger partial charge on any atom is -0.366 e. The number of rotatable bonds is 5. The summed E-state index contributed by atoms with van der Waals surface area (Å²) in [6.45, 7) is 4.30. The Morgan fingerprint density at radius 3 is 3.05 bits per heavy atom. The van der Waals surface area contributed by atoms with Crippen LogP contribution in [0.1, 0.15) is 25.3 Å². The van der Waals surface area contributed by atoms with Crippen LogP contribution in [0.25, 0.3) is 0 Å². The van der Waals surface area contributed by atoms with Crippen molar-refractivity contribution in [3.8, 4) is 0 Å². The van der Waals surface area contributed by atoms with E-state index in [9.17, 15) is 4.79 Å². The van der Waals surface area contributed by atoms with Gasteiger partial charge in [0.25, 0.3) is 0 Å². The summed E-state index contributed by atoms with van der Waals surface area (Å²) in [7, 11) is 0. The van der Waals surface area contributed by atoms with Gasteiger partial charge in [0.05, 0.1) is 6.10 Å². The lowest BCUT2D eigenvalue weighted by molar-refractivity contribution is -0.131. The van der Waals surface area contributed by atoms with Gasteiger partial charge in [-0.2, -0.15) is 0 Å². The molecule has 120 valence electrons. The Morgan fingerprint density at radius 1 is 1.45 bits per heavy atom. The number of amides is 1. The Balaban J connectivity index is 1.51. The summed E-state index contributed by atoms with van der Waals surface area (Å²) in [5, 5.41) is 3.03. The highest BCUT2D eigenvalue weighted by atomic mass is 16.5. The van der Waals surface area contributed by atoms with Crippen LogP contribution in [0.4, 0.5) is 5.69 Å². The first-order valence-electron chi connectivity index (χ1n) is 8.17. The molecule has 1 aromatic rings. The molecule has 0 radical (unpaired) electrons. The fourth-order valence-electron chi connectivity index (χ4n) is 3.37. The van der Waals surface area contributed by atoms with Crippen LogP contribution in [0.15, 0.2) is 24.3 Å². The quantitative estimate of drug-likeness (QED) is 0.853. The molecule has 1 amide bonds. The van der Waals surface area contributed by atoms with Crippen LogP contribution < -0.4 is 16.0 Å². The zero-order chi connectivity index (χ0) is 15.5. The van der Waals surface area contributed by atoms with Crippen molar-refractivity contribution in [1.29, 1.82) is 0 Å². The van der Waals surface area contributed by atoms with Gasteiger partial charge in [-0.1, -0.05) is 18.2 Å². The zero-order valence-corrected chi connectivity index (χ0v) is 13.1. The van der Waals surface area contributed by atoms with E-state index in [0.717, 1.165) is 25.8 Å². The van der Waals surface area contributed by atoms with Crippen LogP contribution in [0.2, 0.25) is 0 Å². The van der Waals surface area contributed by atoms with Gasteiger partial charge in [0.15, 0.2) is 0 Å². The Bertz CT molecular complexity index is 534. The van der Waals surface area contributed by atoms with E-state index in [1.54, 1.807) is 0 Å². The molecule has 1 unspecified atom stereocenters. The molecule has 0 spiro atoms. The van der Waals surface area contributed by atoms with Crippen LogP contribution in [0.5, 0.6) is 0 Å². The average Bonchev–Trinajstić information content (AvgIpc) is 3.18. The molecule has 0 saturated carbocycles. The van der Waals surface area contributed by atoms with Crippen molar-refractivity contribution in [2.24, 2.45) is 5.73 Å². The molecule has 3 N–H and O–H groups in total. The van der Waals surface area contributed by atoms with Gasteiger partial charge in [0.2, 0.25) is 5.91 Å². The van der Waals surface area contributed by atoms with Crippen molar-refractivity contribution >= 4 is 11.6 Å². The summed E-state index contributed by atoms with van der Waals surface area (Å²) in [5.74, 6) is -0.00437. The van der Waals surface area contributed by atoms with Crippen LogP contribution in [-0.2, 0) is 16.0 Å². The molecule has 22 heavy (non-hydrogen) atoms. The second kappa shape index (κ2) is 6.67. The highest BCUT2D eigenvalue weighted by molar-refractivity contribution is 5.81. The number of nitrogens with zero attached hydrogens (tertiary/aromatic N) is 1. The highest BCUT2D eigenvalue weighted by Gasteiger charge is 2.30. The maximum Gasteiger partial charge on any atom is 0.249 e. The van der Waals surface area contributed by atoms with Gasteiger partial charge in [-0.05, 0) is 37.8 Å². The number of nitrogens with two attached hydrogens (primary N) is 1. The predicted molar refractivity (Wildman–Crippen MR) is 86.9 cm³/mol. The number of ether oxygens (including phenoxy) is 1. The minimum atomic E-state index is -0.327. The number of hydrogen-bond acceptors (Lipinski definition) is 4. The number of benzene rings is 1. The van der Waals surface area contributed by atoms with Crippen molar-refractivity contribution in [2.75, 3.05) is 24.5 Å². The summed E-state index contributed by atoms with van der Waals surface area (Å²) in [6.07, 6.45) is 2.45. The fourth-order valence-corrected chi connectivity index (χ4v) is 3.37. The molecule has 5 heteroatoms. The summed E-state index contributed by atoms with van der Waals surface area (Å²) < 4.78 is 5.64. The maximum absolute atomic E-state index is 12.2. The molecule has 3 rings (SSSR count). The molecule has 2 aliphatic rings.